The number of benzene rings is 1. The zero-order chi connectivity index (χ0) is 16.0. The van der Waals surface area contributed by atoms with E-state index < -0.39 is 17.9 Å². The second-order valence-electron chi connectivity index (χ2n) is 4.68. The summed E-state index contributed by atoms with van der Waals surface area (Å²) >= 11 is 11.7. The zero-order valence-corrected chi connectivity index (χ0v) is 13.5. The standard InChI is InChI=1S/C14H17Cl2NO4/c1-8(2)13(14(19)20-3)17-12(18)7-21-11-5-4-9(15)6-10(11)16/h4-6,8,13H,7H2,1-3H3,(H,17,18)/t13-/m0/s1. The van der Waals surface area contributed by atoms with Crippen LogP contribution in [0.1, 0.15) is 13.8 Å². The summed E-state index contributed by atoms with van der Waals surface area (Å²) < 4.78 is 9.93. The lowest BCUT2D eigenvalue weighted by atomic mass is 10.0. The van der Waals surface area contributed by atoms with Gasteiger partial charge in [0.25, 0.3) is 5.91 Å². The van der Waals surface area contributed by atoms with Crippen molar-refractivity contribution >= 4 is 35.1 Å². The van der Waals surface area contributed by atoms with Crippen LogP contribution in [-0.4, -0.2) is 31.6 Å². The molecule has 0 aromatic heterocycles. The number of ether oxygens (including phenoxy) is 2. The molecule has 0 saturated heterocycles. The Morgan fingerprint density at radius 2 is 1.95 bits per heavy atom. The summed E-state index contributed by atoms with van der Waals surface area (Å²) in [5.74, 6) is -0.691. The smallest absolute Gasteiger partial charge is 0.328 e. The molecule has 0 bridgehead atoms. The van der Waals surface area contributed by atoms with E-state index in [0.29, 0.717) is 15.8 Å². The zero-order valence-electron chi connectivity index (χ0n) is 12.0. The highest BCUT2D eigenvalue weighted by Gasteiger charge is 2.25. The first kappa shape index (κ1) is 17.6. The Morgan fingerprint density at radius 3 is 2.48 bits per heavy atom. The van der Waals surface area contributed by atoms with Gasteiger partial charge in [-0.2, -0.15) is 0 Å². The predicted molar refractivity (Wildman–Crippen MR) is 80.7 cm³/mol. The number of methoxy groups -OCH3 is 1. The Hall–Kier alpha value is -1.46. The van der Waals surface area contributed by atoms with Crippen molar-refractivity contribution in [2.75, 3.05) is 13.7 Å². The summed E-state index contributed by atoms with van der Waals surface area (Å²) in [5, 5.41) is 3.34. The van der Waals surface area contributed by atoms with Gasteiger partial charge in [-0.05, 0) is 24.1 Å². The van der Waals surface area contributed by atoms with Gasteiger partial charge in [-0.3, -0.25) is 4.79 Å². The molecule has 0 spiro atoms. The molecule has 116 valence electrons. The third-order valence-corrected chi connectivity index (χ3v) is 3.22. The molecule has 1 rings (SSSR count). The van der Waals surface area contributed by atoms with E-state index in [0.717, 1.165) is 0 Å². The Morgan fingerprint density at radius 1 is 1.29 bits per heavy atom. The van der Waals surface area contributed by atoms with E-state index in [4.69, 9.17) is 27.9 Å². The lowest BCUT2D eigenvalue weighted by Crippen LogP contribution is -2.46. The number of hydrogen-bond acceptors (Lipinski definition) is 4. The second-order valence-corrected chi connectivity index (χ2v) is 5.52. The van der Waals surface area contributed by atoms with Gasteiger partial charge in [0.15, 0.2) is 6.61 Å². The van der Waals surface area contributed by atoms with Crippen LogP contribution in [-0.2, 0) is 14.3 Å². The second kappa shape index (κ2) is 8.10. The van der Waals surface area contributed by atoms with Gasteiger partial charge in [-0.25, -0.2) is 4.79 Å². The molecular weight excluding hydrogens is 317 g/mol. The first-order valence-corrected chi connectivity index (χ1v) is 7.05. The monoisotopic (exact) mass is 333 g/mol. The fourth-order valence-electron chi connectivity index (χ4n) is 1.58. The average Bonchev–Trinajstić information content (AvgIpc) is 2.42. The molecule has 0 saturated carbocycles. The highest BCUT2D eigenvalue weighted by Crippen LogP contribution is 2.27. The summed E-state index contributed by atoms with van der Waals surface area (Å²) in [6, 6.07) is 3.97. The lowest BCUT2D eigenvalue weighted by molar-refractivity contribution is -0.146. The van der Waals surface area contributed by atoms with Crippen LogP contribution < -0.4 is 10.1 Å². The molecule has 0 fully saturated rings. The molecule has 0 unspecified atom stereocenters. The minimum atomic E-state index is -0.716. The number of esters is 1. The molecule has 7 heteroatoms. The van der Waals surface area contributed by atoms with E-state index in [2.05, 4.69) is 10.1 Å². The van der Waals surface area contributed by atoms with Crippen LogP contribution in [0.3, 0.4) is 0 Å². The molecule has 1 N–H and O–H groups in total. The predicted octanol–water partition coefficient (Wildman–Crippen LogP) is 2.69. The van der Waals surface area contributed by atoms with E-state index in [9.17, 15) is 9.59 Å². The van der Waals surface area contributed by atoms with Gasteiger partial charge >= 0.3 is 5.97 Å². The number of carbonyl (C=O) groups excluding carboxylic acids is 2. The number of hydrogen-bond donors (Lipinski definition) is 1. The third-order valence-electron chi connectivity index (χ3n) is 2.69. The lowest BCUT2D eigenvalue weighted by Gasteiger charge is -2.19. The summed E-state index contributed by atoms with van der Waals surface area (Å²) in [6.07, 6.45) is 0. The van der Waals surface area contributed by atoms with Crippen LogP contribution >= 0.6 is 23.2 Å². The molecule has 5 nitrogen and oxygen atoms in total. The maximum absolute atomic E-state index is 11.8. The Labute approximate surface area is 133 Å². The van der Waals surface area contributed by atoms with Crippen LogP contribution in [0.4, 0.5) is 0 Å². The van der Waals surface area contributed by atoms with E-state index in [-0.39, 0.29) is 12.5 Å². The summed E-state index contributed by atoms with van der Waals surface area (Å²) in [6.45, 7) is 3.35. The molecule has 0 aliphatic carbocycles. The molecule has 1 aromatic carbocycles. The van der Waals surface area contributed by atoms with Gasteiger partial charge in [-0.1, -0.05) is 37.0 Å². The normalized spacial score (nSPS) is 11.9. The van der Waals surface area contributed by atoms with Crippen molar-refractivity contribution in [3.05, 3.63) is 28.2 Å². The maximum Gasteiger partial charge on any atom is 0.328 e. The van der Waals surface area contributed by atoms with E-state index in [1.54, 1.807) is 26.0 Å². The van der Waals surface area contributed by atoms with Crippen molar-refractivity contribution in [1.82, 2.24) is 5.32 Å². The average molecular weight is 334 g/mol. The summed E-state index contributed by atoms with van der Waals surface area (Å²) in [7, 11) is 1.27. The molecule has 0 aliphatic heterocycles. The van der Waals surface area contributed by atoms with Gasteiger partial charge in [0, 0.05) is 5.02 Å². The molecule has 21 heavy (non-hydrogen) atoms. The fourth-order valence-corrected chi connectivity index (χ4v) is 2.04. The molecular formula is C14H17Cl2NO4. The van der Waals surface area contributed by atoms with Gasteiger partial charge in [0.2, 0.25) is 0 Å². The van der Waals surface area contributed by atoms with Crippen molar-refractivity contribution in [2.45, 2.75) is 19.9 Å². The number of halogens is 2. The van der Waals surface area contributed by atoms with Crippen molar-refractivity contribution in [3.8, 4) is 5.75 Å². The van der Waals surface area contributed by atoms with Crippen molar-refractivity contribution in [2.24, 2.45) is 5.92 Å². The number of rotatable bonds is 6. The maximum atomic E-state index is 11.8. The Bertz CT molecular complexity index is 520. The largest absolute Gasteiger partial charge is 0.482 e. The van der Waals surface area contributed by atoms with Gasteiger partial charge in [-0.15, -0.1) is 0 Å². The molecule has 0 heterocycles. The van der Waals surface area contributed by atoms with Gasteiger partial charge in [0.05, 0.1) is 12.1 Å². The number of amides is 1. The van der Waals surface area contributed by atoms with E-state index in [1.165, 1.54) is 13.2 Å². The highest BCUT2D eigenvalue weighted by molar-refractivity contribution is 6.35. The van der Waals surface area contributed by atoms with Gasteiger partial charge < -0.3 is 14.8 Å². The fraction of sp³-hybridized carbons (Fsp3) is 0.429. The number of nitrogens with one attached hydrogen (secondary N) is 1. The van der Waals surface area contributed by atoms with Crippen LogP contribution in [0.5, 0.6) is 5.75 Å². The third kappa shape index (κ3) is 5.44. The van der Waals surface area contributed by atoms with Crippen LogP contribution in [0.15, 0.2) is 18.2 Å². The van der Waals surface area contributed by atoms with Crippen LogP contribution in [0.25, 0.3) is 0 Å². The quantitative estimate of drug-likeness (QED) is 0.813. The topological polar surface area (TPSA) is 64.6 Å². The van der Waals surface area contributed by atoms with E-state index >= 15 is 0 Å². The van der Waals surface area contributed by atoms with Crippen molar-refractivity contribution in [3.63, 3.8) is 0 Å². The van der Waals surface area contributed by atoms with Crippen molar-refractivity contribution in [1.29, 1.82) is 0 Å². The molecule has 0 aliphatic rings. The van der Waals surface area contributed by atoms with Crippen LogP contribution in [0.2, 0.25) is 10.0 Å². The molecule has 1 amide bonds. The molecule has 1 atom stereocenters. The Balaban J connectivity index is 2.58. The minimum absolute atomic E-state index is 0.0967. The minimum Gasteiger partial charge on any atom is -0.482 e. The SMILES string of the molecule is COC(=O)[C@@H](NC(=O)COc1ccc(Cl)cc1Cl)C(C)C. The molecule has 1 aromatic rings. The molecule has 0 radical (unpaired) electrons. The van der Waals surface area contributed by atoms with Crippen molar-refractivity contribution < 1.29 is 19.1 Å². The van der Waals surface area contributed by atoms with Crippen LogP contribution in [0, 0.1) is 5.92 Å². The number of carbonyl (C=O) groups is 2. The Kier molecular flexibility index (Phi) is 6.78. The van der Waals surface area contributed by atoms with Gasteiger partial charge in [0.1, 0.15) is 11.8 Å². The van der Waals surface area contributed by atoms with E-state index in [1.807, 2.05) is 0 Å². The summed E-state index contributed by atoms with van der Waals surface area (Å²) in [4.78, 5) is 23.4. The first-order chi connectivity index (χ1) is 9.85. The highest BCUT2D eigenvalue weighted by atomic mass is 35.5. The first-order valence-electron chi connectivity index (χ1n) is 6.30. The summed E-state index contributed by atoms with van der Waals surface area (Å²) in [5.41, 5.74) is 0.